The Kier molecular flexibility index (Phi) is 7.41. The van der Waals surface area contributed by atoms with Gasteiger partial charge < -0.3 is 19.1 Å². The topological polar surface area (TPSA) is 46.5 Å². The molecule has 3 aliphatic rings. The van der Waals surface area contributed by atoms with Crippen molar-refractivity contribution in [3.63, 3.8) is 0 Å². The van der Waals surface area contributed by atoms with Gasteiger partial charge in [-0.2, -0.15) is 0 Å². The van der Waals surface area contributed by atoms with Gasteiger partial charge in [0.25, 0.3) is 0 Å². The third-order valence-electron chi connectivity index (χ3n) is 6.31. The molecule has 2 aliphatic heterocycles. The molecule has 0 N–H and O–H groups in total. The molecule has 6 heteroatoms. The monoisotopic (exact) mass is 401 g/mol. The minimum Gasteiger partial charge on any atom is -0.497 e. The lowest BCUT2D eigenvalue weighted by Crippen LogP contribution is -2.50. The van der Waals surface area contributed by atoms with E-state index in [2.05, 4.69) is 34.1 Å². The highest BCUT2D eigenvalue weighted by atomic mass is 16.5. The molecule has 2 saturated heterocycles. The minimum absolute atomic E-state index is 0.157. The number of methoxy groups -OCH3 is 1. The van der Waals surface area contributed by atoms with Crippen molar-refractivity contribution in [1.82, 2.24) is 9.80 Å². The highest BCUT2D eigenvalue weighted by Crippen LogP contribution is 2.30. The molecule has 1 saturated carbocycles. The number of hydrogen-bond acceptors (Lipinski definition) is 5. The van der Waals surface area contributed by atoms with Gasteiger partial charge in [-0.15, -0.1) is 0 Å². The highest BCUT2D eigenvalue weighted by molar-refractivity contribution is 5.89. The summed E-state index contributed by atoms with van der Waals surface area (Å²) in [6.07, 6.45) is 6.38. The maximum Gasteiger partial charge on any atom is 0.121 e. The molecule has 4 rings (SSSR count). The molecule has 160 valence electrons. The second kappa shape index (κ2) is 10.4. The van der Waals surface area contributed by atoms with E-state index < -0.39 is 0 Å². The summed E-state index contributed by atoms with van der Waals surface area (Å²) in [6, 6.07) is 9.15. The first-order valence-corrected chi connectivity index (χ1v) is 11.2. The van der Waals surface area contributed by atoms with Crippen LogP contribution in [0.5, 0.6) is 5.75 Å². The Morgan fingerprint density at radius 3 is 2.17 bits per heavy atom. The van der Waals surface area contributed by atoms with Crippen LogP contribution in [0.4, 0.5) is 0 Å². The molecule has 0 radical (unpaired) electrons. The van der Waals surface area contributed by atoms with Gasteiger partial charge in [-0.1, -0.05) is 31.4 Å². The van der Waals surface area contributed by atoms with E-state index in [4.69, 9.17) is 19.2 Å². The molecule has 1 unspecified atom stereocenters. The zero-order valence-corrected chi connectivity index (χ0v) is 17.7. The zero-order chi connectivity index (χ0) is 19.9. The normalized spacial score (nSPS) is 23.8. The van der Waals surface area contributed by atoms with E-state index >= 15 is 0 Å². The Hall–Kier alpha value is -1.63. The van der Waals surface area contributed by atoms with Crippen molar-refractivity contribution in [3.05, 3.63) is 29.8 Å². The van der Waals surface area contributed by atoms with Crippen LogP contribution in [0.2, 0.25) is 0 Å². The lowest BCUT2D eigenvalue weighted by Gasteiger charge is -2.41. The van der Waals surface area contributed by atoms with Crippen LogP contribution in [0.3, 0.4) is 0 Å². The van der Waals surface area contributed by atoms with E-state index in [1.807, 2.05) is 0 Å². The molecule has 1 aromatic carbocycles. The number of aliphatic imine (C=N–C) groups is 1. The Labute approximate surface area is 174 Å². The van der Waals surface area contributed by atoms with E-state index in [0.717, 1.165) is 58.4 Å². The van der Waals surface area contributed by atoms with Crippen molar-refractivity contribution >= 4 is 5.84 Å². The van der Waals surface area contributed by atoms with Gasteiger partial charge in [0, 0.05) is 26.2 Å². The van der Waals surface area contributed by atoms with Gasteiger partial charge in [-0.3, -0.25) is 9.89 Å². The van der Waals surface area contributed by atoms with Crippen LogP contribution < -0.4 is 4.74 Å². The van der Waals surface area contributed by atoms with Crippen LogP contribution in [0.15, 0.2) is 29.3 Å². The maximum absolute atomic E-state index is 5.66. The average molecular weight is 402 g/mol. The Balaban J connectivity index is 1.69. The second-order valence-electron chi connectivity index (χ2n) is 8.20. The van der Waals surface area contributed by atoms with E-state index in [0.29, 0.717) is 6.04 Å². The van der Waals surface area contributed by atoms with Gasteiger partial charge in [-0.05, 0) is 30.5 Å². The quantitative estimate of drug-likeness (QED) is 0.560. The summed E-state index contributed by atoms with van der Waals surface area (Å²) >= 11 is 0. The van der Waals surface area contributed by atoms with E-state index in [-0.39, 0.29) is 6.04 Å². The van der Waals surface area contributed by atoms with Crippen molar-refractivity contribution in [2.75, 3.05) is 59.7 Å². The summed E-state index contributed by atoms with van der Waals surface area (Å²) in [4.78, 5) is 10.4. The SMILES string of the molecule is COc1ccc(C(C(=NC2CCCCC2)N2CCOCC2)N2CCOCC2)cc1. The Morgan fingerprint density at radius 1 is 0.931 bits per heavy atom. The second-order valence-corrected chi connectivity index (χ2v) is 8.20. The van der Waals surface area contributed by atoms with Gasteiger partial charge in [0.2, 0.25) is 0 Å². The number of amidine groups is 1. The summed E-state index contributed by atoms with van der Waals surface area (Å²) in [5, 5.41) is 0. The summed E-state index contributed by atoms with van der Waals surface area (Å²) in [5.74, 6) is 2.12. The standard InChI is InChI=1S/C23H35N3O3/c1-27-21-9-7-19(8-10-21)22(25-11-15-28-16-12-25)23(26-13-17-29-18-14-26)24-20-5-3-2-4-6-20/h7-10,20,22H,2-6,11-18H2,1H3. The number of rotatable bonds is 5. The first-order chi connectivity index (χ1) is 14.3. The van der Waals surface area contributed by atoms with E-state index in [1.165, 1.54) is 43.5 Å². The number of benzene rings is 1. The molecule has 0 spiro atoms. The van der Waals surface area contributed by atoms with E-state index in [1.54, 1.807) is 7.11 Å². The predicted molar refractivity (Wildman–Crippen MR) is 115 cm³/mol. The fraction of sp³-hybridized carbons (Fsp3) is 0.696. The third-order valence-corrected chi connectivity index (χ3v) is 6.31. The van der Waals surface area contributed by atoms with Crippen LogP contribution in [-0.2, 0) is 9.47 Å². The van der Waals surface area contributed by atoms with Crippen LogP contribution >= 0.6 is 0 Å². The van der Waals surface area contributed by atoms with Crippen LogP contribution in [0, 0.1) is 0 Å². The summed E-state index contributed by atoms with van der Waals surface area (Å²) in [7, 11) is 1.72. The summed E-state index contributed by atoms with van der Waals surface area (Å²) in [6.45, 7) is 6.84. The number of hydrogen-bond donors (Lipinski definition) is 0. The van der Waals surface area contributed by atoms with Crippen molar-refractivity contribution in [2.45, 2.75) is 44.2 Å². The molecule has 29 heavy (non-hydrogen) atoms. The van der Waals surface area contributed by atoms with Crippen molar-refractivity contribution < 1.29 is 14.2 Å². The van der Waals surface area contributed by atoms with Crippen molar-refractivity contribution in [2.24, 2.45) is 4.99 Å². The molecular formula is C23H35N3O3. The smallest absolute Gasteiger partial charge is 0.121 e. The average Bonchev–Trinajstić information content (AvgIpc) is 2.81. The van der Waals surface area contributed by atoms with Crippen molar-refractivity contribution in [3.8, 4) is 5.75 Å². The molecule has 6 nitrogen and oxygen atoms in total. The van der Waals surface area contributed by atoms with E-state index in [9.17, 15) is 0 Å². The first-order valence-electron chi connectivity index (χ1n) is 11.2. The van der Waals surface area contributed by atoms with Gasteiger partial charge in [0.05, 0.1) is 45.6 Å². The van der Waals surface area contributed by atoms with Crippen LogP contribution in [0.1, 0.15) is 43.7 Å². The first kappa shape index (κ1) is 20.6. The molecule has 1 atom stereocenters. The Morgan fingerprint density at radius 2 is 1.55 bits per heavy atom. The largest absolute Gasteiger partial charge is 0.497 e. The molecule has 1 aromatic rings. The zero-order valence-electron chi connectivity index (χ0n) is 17.7. The molecule has 2 heterocycles. The van der Waals surface area contributed by atoms with Crippen LogP contribution in [0.25, 0.3) is 0 Å². The molecule has 0 bridgehead atoms. The summed E-state index contributed by atoms with van der Waals surface area (Å²) < 4.78 is 16.7. The van der Waals surface area contributed by atoms with Gasteiger partial charge in [-0.25, -0.2) is 0 Å². The Bertz CT molecular complexity index is 646. The molecular weight excluding hydrogens is 366 g/mol. The molecule has 0 aromatic heterocycles. The lowest BCUT2D eigenvalue weighted by atomic mass is 9.95. The third kappa shape index (κ3) is 5.30. The minimum atomic E-state index is 0.157. The molecule has 1 aliphatic carbocycles. The number of nitrogens with zero attached hydrogens (tertiary/aromatic N) is 3. The molecule has 3 fully saturated rings. The fourth-order valence-electron chi connectivity index (χ4n) is 4.66. The van der Waals surface area contributed by atoms with Gasteiger partial charge in [0.1, 0.15) is 11.6 Å². The highest BCUT2D eigenvalue weighted by Gasteiger charge is 2.32. The maximum atomic E-state index is 5.66. The predicted octanol–water partition coefficient (Wildman–Crippen LogP) is 3.13. The van der Waals surface area contributed by atoms with Gasteiger partial charge in [0.15, 0.2) is 0 Å². The number of morpholine rings is 2. The lowest BCUT2D eigenvalue weighted by molar-refractivity contribution is 0.0225. The molecule has 0 amide bonds. The van der Waals surface area contributed by atoms with Crippen molar-refractivity contribution in [1.29, 1.82) is 0 Å². The number of ether oxygens (including phenoxy) is 3. The van der Waals surface area contributed by atoms with Gasteiger partial charge >= 0.3 is 0 Å². The fourth-order valence-corrected chi connectivity index (χ4v) is 4.66. The summed E-state index contributed by atoms with van der Waals surface area (Å²) in [5.41, 5.74) is 1.29. The van der Waals surface area contributed by atoms with Crippen LogP contribution in [-0.4, -0.2) is 81.4 Å².